The Morgan fingerprint density at radius 2 is 2.06 bits per heavy atom. The van der Waals surface area contributed by atoms with Gasteiger partial charge in [-0.1, -0.05) is 18.2 Å². The van der Waals surface area contributed by atoms with Gasteiger partial charge in [0, 0.05) is 43.3 Å². The summed E-state index contributed by atoms with van der Waals surface area (Å²) in [6.45, 7) is 4.30. The van der Waals surface area contributed by atoms with Crippen molar-refractivity contribution in [3.05, 3.63) is 65.9 Å². The van der Waals surface area contributed by atoms with E-state index in [1.807, 2.05) is 30.5 Å². The van der Waals surface area contributed by atoms with E-state index < -0.39 is 0 Å². The molecule has 0 amide bonds. The number of hydrogen-bond acceptors (Lipinski definition) is 6. The number of nitrogen functional groups attached to an aromatic ring is 1. The molecule has 1 fully saturated rings. The molecule has 0 aliphatic carbocycles. The number of ether oxygens (including phenoxy) is 1. The molecule has 4 aromatic rings. The van der Waals surface area contributed by atoms with Gasteiger partial charge in [-0.25, -0.2) is 4.39 Å². The maximum atomic E-state index is 12.4. The second-order valence-electron chi connectivity index (χ2n) is 8.56. The van der Waals surface area contributed by atoms with Crippen molar-refractivity contribution >= 4 is 28.4 Å². The molecule has 2 aromatic heterocycles. The Balaban J connectivity index is 1.32. The Morgan fingerprint density at radius 3 is 2.85 bits per heavy atom. The molecule has 170 valence electrons. The summed E-state index contributed by atoms with van der Waals surface area (Å²) in [4.78, 5) is 14.5. The molecular weight excluding hydrogens is 419 g/mol. The predicted octanol–water partition coefficient (Wildman–Crippen LogP) is 4.83. The number of nitrogens with two attached hydrogens (primary N) is 1. The first-order valence-corrected chi connectivity index (χ1v) is 11.1. The summed E-state index contributed by atoms with van der Waals surface area (Å²) in [5.74, 6) is 2.11. The lowest BCUT2D eigenvalue weighted by Crippen LogP contribution is -2.48. The molecular formula is C25H27FN6O. The molecule has 3 heterocycles. The molecule has 0 saturated carbocycles. The minimum Gasteiger partial charge on any atom is -0.438 e. The SMILES string of the molecule is Cc1cc(CC2CN(CCF)C2)ccc1Nc1nc(Oc2cccc(N)c2)c2cc[nH]c2n1. The van der Waals surface area contributed by atoms with Crippen LogP contribution in [0.4, 0.5) is 21.7 Å². The van der Waals surface area contributed by atoms with Crippen molar-refractivity contribution in [2.24, 2.45) is 5.92 Å². The first-order valence-electron chi connectivity index (χ1n) is 11.1. The number of hydrogen-bond donors (Lipinski definition) is 3. The van der Waals surface area contributed by atoms with Gasteiger partial charge in [0.05, 0.1) is 5.39 Å². The van der Waals surface area contributed by atoms with Crippen molar-refractivity contribution in [3.8, 4) is 11.6 Å². The van der Waals surface area contributed by atoms with Crippen LogP contribution in [0.1, 0.15) is 11.1 Å². The summed E-state index contributed by atoms with van der Waals surface area (Å²) < 4.78 is 18.5. The Hall–Kier alpha value is -3.65. The van der Waals surface area contributed by atoms with Crippen molar-refractivity contribution in [2.45, 2.75) is 13.3 Å². The predicted molar refractivity (Wildman–Crippen MR) is 129 cm³/mol. The number of halogens is 1. The van der Waals surface area contributed by atoms with Crippen LogP contribution in [0.2, 0.25) is 0 Å². The zero-order valence-corrected chi connectivity index (χ0v) is 18.5. The highest BCUT2D eigenvalue weighted by atomic mass is 19.1. The van der Waals surface area contributed by atoms with Gasteiger partial charge in [-0.15, -0.1) is 0 Å². The molecule has 0 unspecified atom stereocenters. The van der Waals surface area contributed by atoms with Gasteiger partial charge in [0.2, 0.25) is 11.8 Å². The summed E-state index contributed by atoms with van der Waals surface area (Å²) in [6, 6.07) is 15.5. The van der Waals surface area contributed by atoms with Crippen LogP contribution in [0.15, 0.2) is 54.7 Å². The molecule has 2 aromatic carbocycles. The zero-order chi connectivity index (χ0) is 22.8. The Kier molecular flexibility index (Phi) is 5.83. The Bertz CT molecular complexity index is 1270. The van der Waals surface area contributed by atoms with Gasteiger partial charge in [-0.3, -0.25) is 0 Å². The average Bonchev–Trinajstić information content (AvgIpc) is 3.23. The summed E-state index contributed by atoms with van der Waals surface area (Å²) in [6.07, 6.45) is 2.82. The number of nitrogens with one attached hydrogen (secondary N) is 2. The number of fused-ring (bicyclic) bond motifs is 1. The van der Waals surface area contributed by atoms with E-state index in [0.717, 1.165) is 36.1 Å². The fourth-order valence-electron chi connectivity index (χ4n) is 4.29. The van der Waals surface area contributed by atoms with Crippen LogP contribution in [0, 0.1) is 12.8 Å². The molecule has 1 saturated heterocycles. The van der Waals surface area contributed by atoms with Crippen molar-refractivity contribution in [2.75, 3.05) is 37.4 Å². The molecule has 0 bridgehead atoms. The molecule has 0 atom stereocenters. The number of aromatic amines is 1. The first-order chi connectivity index (χ1) is 16.1. The summed E-state index contributed by atoms with van der Waals surface area (Å²) in [5, 5.41) is 4.12. The van der Waals surface area contributed by atoms with Crippen LogP contribution in [-0.4, -0.2) is 46.2 Å². The van der Waals surface area contributed by atoms with Gasteiger partial charge in [0.25, 0.3) is 0 Å². The molecule has 5 rings (SSSR count). The van der Waals surface area contributed by atoms with E-state index in [-0.39, 0.29) is 6.67 Å². The third-order valence-corrected chi connectivity index (χ3v) is 5.95. The number of anilines is 3. The summed E-state index contributed by atoms with van der Waals surface area (Å²) in [5.41, 5.74) is 10.5. The number of alkyl halides is 1. The average molecular weight is 447 g/mol. The second kappa shape index (κ2) is 9.07. The number of rotatable bonds is 8. The lowest BCUT2D eigenvalue weighted by Gasteiger charge is -2.38. The molecule has 33 heavy (non-hydrogen) atoms. The quantitative estimate of drug-likeness (QED) is 0.336. The topological polar surface area (TPSA) is 92.1 Å². The van der Waals surface area contributed by atoms with Crippen LogP contribution in [0.5, 0.6) is 11.6 Å². The standard InChI is InChI=1S/C25H27FN6O/c1-16-11-17(12-18-14-32(15-18)10-8-26)5-6-22(16)29-25-30-23-21(7-9-28-23)24(31-25)33-20-4-2-3-19(27)13-20/h2-7,9,11,13,18H,8,10,12,14-15,27H2,1H3,(H2,28,29,30,31). The number of H-pyrrole nitrogens is 1. The van der Waals surface area contributed by atoms with Crippen LogP contribution in [-0.2, 0) is 6.42 Å². The van der Waals surface area contributed by atoms with Crippen molar-refractivity contribution in [3.63, 3.8) is 0 Å². The van der Waals surface area contributed by atoms with Gasteiger partial charge in [-0.2, -0.15) is 9.97 Å². The van der Waals surface area contributed by atoms with Crippen LogP contribution >= 0.6 is 0 Å². The molecule has 1 aliphatic heterocycles. The Labute approximate surface area is 191 Å². The van der Waals surface area contributed by atoms with Crippen molar-refractivity contribution in [1.82, 2.24) is 19.9 Å². The minimum atomic E-state index is -0.269. The fourth-order valence-corrected chi connectivity index (χ4v) is 4.29. The van der Waals surface area contributed by atoms with Crippen molar-refractivity contribution < 1.29 is 9.13 Å². The van der Waals surface area contributed by atoms with Gasteiger partial charge in [-0.05, 0) is 54.7 Å². The largest absolute Gasteiger partial charge is 0.438 e. The minimum absolute atomic E-state index is 0.269. The Morgan fingerprint density at radius 1 is 1.18 bits per heavy atom. The maximum Gasteiger partial charge on any atom is 0.233 e. The summed E-state index contributed by atoms with van der Waals surface area (Å²) >= 11 is 0. The molecule has 0 spiro atoms. The van der Waals surface area contributed by atoms with Crippen LogP contribution in [0.25, 0.3) is 11.0 Å². The van der Waals surface area contributed by atoms with Crippen LogP contribution in [0.3, 0.4) is 0 Å². The lowest BCUT2D eigenvalue weighted by molar-refractivity contribution is 0.0930. The van der Waals surface area contributed by atoms with E-state index in [2.05, 4.69) is 50.3 Å². The number of benzene rings is 2. The highest BCUT2D eigenvalue weighted by Crippen LogP contribution is 2.30. The summed E-state index contributed by atoms with van der Waals surface area (Å²) in [7, 11) is 0. The van der Waals surface area contributed by atoms with Gasteiger partial charge < -0.3 is 25.7 Å². The van der Waals surface area contributed by atoms with Gasteiger partial charge >= 0.3 is 0 Å². The number of likely N-dealkylation sites (tertiary alicyclic amines) is 1. The van der Waals surface area contributed by atoms with Crippen molar-refractivity contribution in [1.29, 1.82) is 0 Å². The third kappa shape index (κ3) is 4.75. The van der Waals surface area contributed by atoms with Crippen LogP contribution < -0.4 is 15.8 Å². The van der Waals surface area contributed by atoms with E-state index in [0.29, 0.717) is 41.4 Å². The second-order valence-corrected chi connectivity index (χ2v) is 8.56. The number of aromatic nitrogens is 3. The number of aryl methyl sites for hydroxylation is 1. The molecule has 4 N–H and O–H groups in total. The fraction of sp³-hybridized carbons (Fsp3) is 0.280. The lowest BCUT2D eigenvalue weighted by atomic mass is 9.91. The first kappa shape index (κ1) is 21.2. The van der Waals surface area contributed by atoms with Gasteiger partial charge in [0.1, 0.15) is 18.1 Å². The maximum absolute atomic E-state index is 12.4. The number of nitrogens with zero attached hydrogens (tertiary/aromatic N) is 3. The van der Waals surface area contributed by atoms with E-state index in [4.69, 9.17) is 10.5 Å². The van der Waals surface area contributed by atoms with E-state index in [9.17, 15) is 4.39 Å². The van der Waals surface area contributed by atoms with E-state index in [1.165, 1.54) is 5.56 Å². The highest BCUT2D eigenvalue weighted by molar-refractivity contribution is 5.82. The third-order valence-electron chi connectivity index (χ3n) is 5.95. The smallest absolute Gasteiger partial charge is 0.233 e. The normalized spacial score (nSPS) is 14.4. The molecule has 7 nitrogen and oxygen atoms in total. The monoisotopic (exact) mass is 446 g/mol. The molecule has 8 heteroatoms. The molecule has 0 radical (unpaired) electrons. The zero-order valence-electron chi connectivity index (χ0n) is 18.5. The molecule has 1 aliphatic rings. The van der Waals surface area contributed by atoms with E-state index >= 15 is 0 Å². The highest BCUT2D eigenvalue weighted by Gasteiger charge is 2.26. The van der Waals surface area contributed by atoms with E-state index in [1.54, 1.807) is 6.07 Å². The van der Waals surface area contributed by atoms with Gasteiger partial charge in [0.15, 0.2) is 0 Å².